The number of benzene rings is 1. The highest BCUT2D eigenvalue weighted by atomic mass is 19.1. The molecule has 1 saturated heterocycles. The van der Waals surface area contributed by atoms with Gasteiger partial charge in [0.15, 0.2) is 0 Å². The zero-order valence-electron chi connectivity index (χ0n) is 16.3. The number of carbonyl (C=O) groups is 1. The fourth-order valence-electron chi connectivity index (χ4n) is 3.82. The third kappa shape index (κ3) is 4.11. The molecule has 3 aromatic rings. The van der Waals surface area contributed by atoms with E-state index in [1.807, 2.05) is 30.0 Å². The summed E-state index contributed by atoms with van der Waals surface area (Å²) in [5.41, 5.74) is 10.5. The van der Waals surface area contributed by atoms with Crippen LogP contribution >= 0.6 is 0 Å². The topological polar surface area (TPSA) is 72.1 Å². The van der Waals surface area contributed by atoms with Gasteiger partial charge in [-0.25, -0.2) is 4.39 Å². The first kappa shape index (κ1) is 19.1. The number of amides is 1. The monoisotopic (exact) mass is 390 g/mol. The summed E-state index contributed by atoms with van der Waals surface area (Å²) >= 11 is 0. The van der Waals surface area contributed by atoms with Gasteiger partial charge in [-0.2, -0.15) is 0 Å². The summed E-state index contributed by atoms with van der Waals surface area (Å²) in [4.78, 5) is 23.8. The number of carbonyl (C=O) groups excluding carboxylic acids is 1. The average molecular weight is 390 g/mol. The van der Waals surface area contributed by atoms with Gasteiger partial charge in [0.1, 0.15) is 5.82 Å². The average Bonchev–Trinajstić information content (AvgIpc) is 3.21. The van der Waals surface area contributed by atoms with Gasteiger partial charge in [0.05, 0.1) is 23.5 Å². The summed E-state index contributed by atoms with van der Waals surface area (Å²) in [7, 11) is 0. The number of nitrogens with two attached hydrogens (primary N) is 1. The van der Waals surface area contributed by atoms with Crippen LogP contribution in [0.2, 0.25) is 0 Å². The van der Waals surface area contributed by atoms with Crippen LogP contribution in [0, 0.1) is 12.7 Å². The molecule has 1 atom stereocenters. The number of aryl methyl sites for hydroxylation is 1. The van der Waals surface area contributed by atoms with Crippen molar-refractivity contribution < 1.29 is 9.18 Å². The number of anilines is 1. The van der Waals surface area contributed by atoms with Gasteiger partial charge in [-0.05, 0) is 61.4 Å². The van der Waals surface area contributed by atoms with Crippen LogP contribution < -0.4 is 5.73 Å². The molecule has 0 saturated carbocycles. The number of hydrogen-bond acceptors (Lipinski definition) is 4. The molecular weight excluding hydrogens is 367 g/mol. The number of halogens is 1. The van der Waals surface area contributed by atoms with E-state index in [0.717, 1.165) is 23.2 Å². The number of nitrogen functional groups attached to an aromatic ring is 1. The highest BCUT2D eigenvalue weighted by molar-refractivity contribution is 5.80. The van der Waals surface area contributed by atoms with Gasteiger partial charge in [-0.1, -0.05) is 6.07 Å². The van der Waals surface area contributed by atoms with E-state index >= 15 is 0 Å². The number of nitrogens with zero attached hydrogens (tertiary/aromatic N) is 3. The second-order valence-corrected chi connectivity index (χ2v) is 7.45. The van der Waals surface area contributed by atoms with Crippen molar-refractivity contribution in [1.29, 1.82) is 0 Å². The zero-order valence-corrected chi connectivity index (χ0v) is 16.3. The molecule has 2 aromatic heterocycles. The van der Waals surface area contributed by atoms with Gasteiger partial charge in [-0.15, -0.1) is 0 Å². The normalized spacial score (nSPS) is 16.2. The Balaban J connectivity index is 1.50. The highest BCUT2D eigenvalue weighted by Crippen LogP contribution is 2.27. The molecule has 1 aromatic carbocycles. The molecule has 1 fully saturated rings. The van der Waals surface area contributed by atoms with Crippen molar-refractivity contribution in [2.75, 3.05) is 18.8 Å². The lowest BCUT2D eigenvalue weighted by atomic mass is 10.0. The van der Waals surface area contributed by atoms with Crippen LogP contribution in [0.3, 0.4) is 0 Å². The summed E-state index contributed by atoms with van der Waals surface area (Å²) in [6.07, 6.45) is 2.84. The first-order chi connectivity index (χ1) is 14.0. The molecule has 5 nitrogen and oxygen atoms in total. The molecule has 0 radical (unpaired) electrons. The maximum absolute atomic E-state index is 13.4. The van der Waals surface area contributed by atoms with Gasteiger partial charge < -0.3 is 10.6 Å². The molecule has 1 unspecified atom stereocenters. The molecule has 0 spiro atoms. The van der Waals surface area contributed by atoms with E-state index in [1.165, 1.54) is 12.1 Å². The van der Waals surface area contributed by atoms with E-state index in [2.05, 4.69) is 9.97 Å². The van der Waals surface area contributed by atoms with Crippen LogP contribution in [0.4, 0.5) is 10.1 Å². The molecule has 6 heteroatoms. The Hall–Kier alpha value is -3.28. The lowest BCUT2D eigenvalue weighted by molar-refractivity contribution is -0.129. The fourth-order valence-corrected chi connectivity index (χ4v) is 3.82. The van der Waals surface area contributed by atoms with E-state index in [0.29, 0.717) is 30.2 Å². The quantitative estimate of drug-likeness (QED) is 0.737. The van der Waals surface area contributed by atoms with Crippen LogP contribution in [-0.4, -0.2) is 33.9 Å². The molecule has 29 heavy (non-hydrogen) atoms. The van der Waals surface area contributed by atoms with E-state index in [9.17, 15) is 9.18 Å². The predicted molar refractivity (Wildman–Crippen MR) is 111 cm³/mol. The van der Waals surface area contributed by atoms with Gasteiger partial charge in [0.2, 0.25) is 5.91 Å². The molecule has 0 bridgehead atoms. The number of rotatable bonds is 4. The molecule has 3 heterocycles. The second kappa shape index (κ2) is 7.99. The van der Waals surface area contributed by atoms with E-state index < -0.39 is 0 Å². The Bertz CT molecular complexity index is 1040. The lowest BCUT2D eigenvalue weighted by Gasteiger charge is -2.17. The summed E-state index contributed by atoms with van der Waals surface area (Å²) in [6.45, 7) is 3.20. The Morgan fingerprint density at radius 2 is 2.10 bits per heavy atom. The SMILES string of the molecule is Cc1cc(F)ccc1-c1ccc(N)c(CC(=O)N2CCC(c3ccccn3)C2)n1. The fraction of sp³-hybridized carbons (Fsp3) is 0.261. The lowest BCUT2D eigenvalue weighted by Crippen LogP contribution is -2.30. The van der Waals surface area contributed by atoms with Crippen molar-refractivity contribution in [2.45, 2.75) is 25.7 Å². The van der Waals surface area contributed by atoms with Crippen LogP contribution in [-0.2, 0) is 11.2 Å². The molecule has 4 rings (SSSR count). The van der Waals surface area contributed by atoms with Gasteiger partial charge >= 0.3 is 0 Å². The number of aromatic nitrogens is 2. The molecule has 0 aliphatic carbocycles. The smallest absolute Gasteiger partial charge is 0.228 e. The van der Waals surface area contributed by atoms with Crippen LogP contribution in [0.5, 0.6) is 0 Å². The van der Waals surface area contributed by atoms with Crippen molar-refractivity contribution >= 4 is 11.6 Å². The molecule has 1 aliphatic rings. The third-order valence-electron chi connectivity index (χ3n) is 5.44. The van der Waals surface area contributed by atoms with Crippen molar-refractivity contribution in [3.63, 3.8) is 0 Å². The molecule has 1 aliphatic heterocycles. The first-order valence-electron chi connectivity index (χ1n) is 9.72. The summed E-state index contributed by atoms with van der Waals surface area (Å²) in [6, 6.07) is 14.0. The largest absolute Gasteiger partial charge is 0.397 e. The van der Waals surface area contributed by atoms with E-state index in [-0.39, 0.29) is 24.1 Å². The van der Waals surface area contributed by atoms with Gasteiger partial charge in [-0.3, -0.25) is 14.8 Å². The van der Waals surface area contributed by atoms with Crippen molar-refractivity contribution in [1.82, 2.24) is 14.9 Å². The number of pyridine rings is 2. The minimum atomic E-state index is -0.284. The highest BCUT2D eigenvalue weighted by Gasteiger charge is 2.28. The van der Waals surface area contributed by atoms with Crippen molar-refractivity contribution in [2.24, 2.45) is 0 Å². The second-order valence-electron chi connectivity index (χ2n) is 7.45. The van der Waals surface area contributed by atoms with Crippen LogP contribution in [0.25, 0.3) is 11.3 Å². The molecular formula is C23H23FN4O. The number of hydrogen-bond donors (Lipinski definition) is 1. The molecule has 1 amide bonds. The molecule has 148 valence electrons. The maximum Gasteiger partial charge on any atom is 0.228 e. The number of likely N-dealkylation sites (tertiary alicyclic amines) is 1. The Kier molecular flexibility index (Phi) is 5.25. The Morgan fingerprint density at radius 1 is 1.24 bits per heavy atom. The minimum Gasteiger partial charge on any atom is -0.397 e. The molecule has 2 N–H and O–H groups in total. The zero-order chi connectivity index (χ0) is 20.4. The van der Waals surface area contributed by atoms with Crippen LogP contribution in [0.1, 0.15) is 29.3 Å². The summed E-state index contributed by atoms with van der Waals surface area (Å²) in [5, 5.41) is 0. The third-order valence-corrected chi connectivity index (χ3v) is 5.44. The Labute approximate surface area is 169 Å². The van der Waals surface area contributed by atoms with Crippen molar-refractivity contribution in [3.8, 4) is 11.3 Å². The maximum atomic E-state index is 13.4. The Morgan fingerprint density at radius 3 is 2.86 bits per heavy atom. The summed E-state index contributed by atoms with van der Waals surface area (Å²) in [5.74, 6) is -0.0112. The van der Waals surface area contributed by atoms with Crippen molar-refractivity contribution in [3.05, 3.63) is 77.5 Å². The standard InChI is InChI=1S/C23H23FN4O/c1-15-12-17(24)5-6-18(15)21-8-7-19(25)22(27-21)13-23(29)28-11-9-16(14-28)20-4-2-3-10-26-20/h2-8,10,12,16H,9,11,13-14,25H2,1H3. The van der Waals surface area contributed by atoms with Crippen LogP contribution in [0.15, 0.2) is 54.7 Å². The minimum absolute atomic E-state index is 0.00982. The van der Waals surface area contributed by atoms with Gasteiger partial charge in [0.25, 0.3) is 0 Å². The predicted octanol–water partition coefficient (Wildman–Crippen LogP) is 3.73. The summed E-state index contributed by atoms with van der Waals surface area (Å²) < 4.78 is 13.4. The first-order valence-corrected chi connectivity index (χ1v) is 9.72. The van der Waals surface area contributed by atoms with Gasteiger partial charge in [0, 0.05) is 36.5 Å². The van der Waals surface area contributed by atoms with E-state index in [1.54, 1.807) is 24.4 Å². The van der Waals surface area contributed by atoms with E-state index in [4.69, 9.17) is 5.73 Å².